The monoisotopic (exact) mass is 132 g/mol. The van der Waals surface area contributed by atoms with Crippen molar-refractivity contribution in [2.45, 2.75) is 19.4 Å². The number of quaternary nitrogens is 1. The van der Waals surface area contributed by atoms with E-state index in [2.05, 4.69) is 21.1 Å². The van der Waals surface area contributed by atoms with Gasteiger partial charge in [0.15, 0.2) is 0 Å². The summed E-state index contributed by atoms with van der Waals surface area (Å²) in [7, 11) is 6.38. The molecule has 0 amide bonds. The van der Waals surface area contributed by atoms with E-state index >= 15 is 0 Å². The van der Waals surface area contributed by atoms with Crippen LogP contribution in [-0.4, -0.2) is 43.4 Å². The summed E-state index contributed by atoms with van der Waals surface area (Å²) in [6.45, 7) is 2.87. The minimum atomic E-state index is -0.151. The minimum Gasteiger partial charge on any atom is -0.393 e. The highest BCUT2D eigenvalue weighted by Gasteiger charge is 2.07. The maximum Gasteiger partial charge on any atom is 0.0805 e. The second-order valence-electron chi connectivity index (χ2n) is 3.65. The van der Waals surface area contributed by atoms with Crippen molar-refractivity contribution < 1.29 is 9.59 Å². The Morgan fingerprint density at radius 1 is 1.33 bits per heavy atom. The number of nitrogens with zero attached hydrogens (tertiary/aromatic N) is 1. The molecule has 2 heteroatoms. The molecule has 0 aliphatic heterocycles. The summed E-state index contributed by atoms with van der Waals surface area (Å²) in [5, 5.41) is 8.91. The Labute approximate surface area is 57.7 Å². The van der Waals surface area contributed by atoms with Gasteiger partial charge < -0.3 is 9.59 Å². The number of hydrogen-bond acceptors (Lipinski definition) is 1. The Morgan fingerprint density at radius 3 is 1.89 bits per heavy atom. The van der Waals surface area contributed by atoms with E-state index in [9.17, 15) is 0 Å². The molecule has 0 saturated heterocycles. The van der Waals surface area contributed by atoms with Crippen molar-refractivity contribution in [1.82, 2.24) is 0 Å². The molecule has 0 heterocycles. The number of aliphatic hydroxyl groups excluding tert-OH is 1. The molecule has 9 heavy (non-hydrogen) atoms. The van der Waals surface area contributed by atoms with Crippen molar-refractivity contribution in [3.05, 3.63) is 0 Å². The average molecular weight is 132 g/mol. The fourth-order valence-corrected chi connectivity index (χ4v) is 0.574. The van der Waals surface area contributed by atoms with Gasteiger partial charge in [-0.1, -0.05) is 0 Å². The van der Waals surface area contributed by atoms with E-state index in [-0.39, 0.29) is 6.10 Å². The molecular formula is C7H18NO+. The first-order valence-corrected chi connectivity index (χ1v) is 3.40. The smallest absolute Gasteiger partial charge is 0.0805 e. The summed E-state index contributed by atoms with van der Waals surface area (Å²) >= 11 is 0. The van der Waals surface area contributed by atoms with Gasteiger partial charge in [-0.15, -0.1) is 0 Å². The predicted molar refractivity (Wildman–Crippen MR) is 39.2 cm³/mol. The van der Waals surface area contributed by atoms with Crippen molar-refractivity contribution in [1.29, 1.82) is 0 Å². The molecule has 1 unspecified atom stereocenters. The van der Waals surface area contributed by atoms with Crippen molar-refractivity contribution >= 4 is 0 Å². The van der Waals surface area contributed by atoms with Crippen molar-refractivity contribution in [3.63, 3.8) is 0 Å². The lowest BCUT2D eigenvalue weighted by atomic mass is 10.2. The highest BCUT2D eigenvalue weighted by atomic mass is 16.3. The van der Waals surface area contributed by atoms with E-state index < -0.39 is 0 Å². The van der Waals surface area contributed by atoms with Crippen LogP contribution in [0.5, 0.6) is 0 Å². The van der Waals surface area contributed by atoms with E-state index in [1.165, 1.54) is 0 Å². The van der Waals surface area contributed by atoms with Gasteiger partial charge in [0.05, 0.1) is 33.8 Å². The third-order valence-electron chi connectivity index (χ3n) is 1.22. The van der Waals surface area contributed by atoms with Gasteiger partial charge in [-0.25, -0.2) is 0 Å². The fraction of sp³-hybridized carbons (Fsp3) is 1.00. The zero-order chi connectivity index (χ0) is 7.49. The van der Waals surface area contributed by atoms with Crippen molar-refractivity contribution in [2.24, 2.45) is 0 Å². The first-order chi connectivity index (χ1) is 3.92. The van der Waals surface area contributed by atoms with Gasteiger partial charge in [0, 0.05) is 6.42 Å². The van der Waals surface area contributed by atoms with Crippen LogP contribution in [0.15, 0.2) is 0 Å². The lowest BCUT2D eigenvalue weighted by Crippen LogP contribution is -2.36. The summed E-state index contributed by atoms with van der Waals surface area (Å²) < 4.78 is 0.935. The third kappa shape index (κ3) is 7.92. The largest absolute Gasteiger partial charge is 0.393 e. The lowest BCUT2D eigenvalue weighted by Gasteiger charge is -2.24. The van der Waals surface area contributed by atoms with Crippen molar-refractivity contribution in [2.75, 3.05) is 27.7 Å². The van der Waals surface area contributed by atoms with Gasteiger partial charge in [0.25, 0.3) is 0 Å². The Balaban J connectivity index is 3.28. The summed E-state index contributed by atoms with van der Waals surface area (Å²) in [4.78, 5) is 0. The molecule has 1 atom stereocenters. The molecule has 0 fully saturated rings. The van der Waals surface area contributed by atoms with Gasteiger partial charge in [0.2, 0.25) is 0 Å². The first kappa shape index (κ1) is 8.92. The zero-order valence-electron chi connectivity index (χ0n) is 6.89. The molecule has 1 N–H and O–H groups in total. The lowest BCUT2D eigenvalue weighted by molar-refractivity contribution is -0.870. The van der Waals surface area contributed by atoms with Gasteiger partial charge >= 0.3 is 0 Å². The molecule has 0 aromatic carbocycles. The second kappa shape index (κ2) is 3.18. The van der Waals surface area contributed by atoms with Crippen LogP contribution in [0.4, 0.5) is 0 Å². The molecular weight excluding hydrogens is 114 g/mol. The van der Waals surface area contributed by atoms with Crippen LogP contribution in [0.3, 0.4) is 0 Å². The third-order valence-corrected chi connectivity index (χ3v) is 1.22. The fourth-order valence-electron chi connectivity index (χ4n) is 0.574. The molecule has 0 spiro atoms. The minimum absolute atomic E-state index is 0.151. The maximum absolute atomic E-state index is 8.91. The number of rotatable bonds is 3. The molecule has 0 saturated carbocycles. The second-order valence-corrected chi connectivity index (χ2v) is 3.65. The Bertz CT molecular complexity index is 73.5. The Morgan fingerprint density at radius 2 is 1.78 bits per heavy atom. The van der Waals surface area contributed by atoms with E-state index in [1.807, 2.05) is 6.92 Å². The molecule has 0 aliphatic rings. The molecule has 0 aliphatic carbocycles. The summed E-state index contributed by atoms with van der Waals surface area (Å²) in [5.41, 5.74) is 0. The molecule has 0 aromatic rings. The Hall–Kier alpha value is -0.0800. The maximum atomic E-state index is 8.91. The molecule has 2 nitrogen and oxygen atoms in total. The van der Waals surface area contributed by atoms with Gasteiger partial charge in [-0.2, -0.15) is 0 Å². The van der Waals surface area contributed by atoms with Gasteiger partial charge in [-0.3, -0.25) is 0 Å². The average Bonchev–Trinajstić information content (AvgIpc) is 1.59. The summed E-state index contributed by atoms with van der Waals surface area (Å²) in [6, 6.07) is 0. The summed E-state index contributed by atoms with van der Waals surface area (Å²) in [5.74, 6) is 0. The SMILES string of the molecule is CC(O)CC[N+](C)(C)C. The van der Waals surface area contributed by atoms with Crippen LogP contribution in [0.1, 0.15) is 13.3 Å². The molecule has 0 aromatic heterocycles. The number of hydrogen-bond donors (Lipinski definition) is 1. The highest BCUT2D eigenvalue weighted by molar-refractivity contribution is 4.43. The Kier molecular flexibility index (Phi) is 3.15. The van der Waals surface area contributed by atoms with Crippen LogP contribution in [0.25, 0.3) is 0 Å². The van der Waals surface area contributed by atoms with Crippen LogP contribution >= 0.6 is 0 Å². The first-order valence-electron chi connectivity index (χ1n) is 3.40. The van der Waals surface area contributed by atoms with Crippen molar-refractivity contribution in [3.8, 4) is 0 Å². The van der Waals surface area contributed by atoms with Crippen LogP contribution in [0.2, 0.25) is 0 Å². The molecule has 0 rings (SSSR count). The zero-order valence-corrected chi connectivity index (χ0v) is 6.89. The van der Waals surface area contributed by atoms with E-state index in [1.54, 1.807) is 0 Å². The topological polar surface area (TPSA) is 20.2 Å². The van der Waals surface area contributed by atoms with Crippen LogP contribution in [-0.2, 0) is 0 Å². The van der Waals surface area contributed by atoms with E-state index in [0.717, 1.165) is 17.4 Å². The van der Waals surface area contributed by atoms with E-state index in [0.29, 0.717) is 0 Å². The highest BCUT2D eigenvalue weighted by Crippen LogP contribution is 1.96. The van der Waals surface area contributed by atoms with E-state index in [4.69, 9.17) is 5.11 Å². The standard InChI is InChI=1S/C7H18NO/c1-7(9)5-6-8(2,3)4/h7,9H,5-6H2,1-4H3/q+1. The number of aliphatic hydroxyl groups is 1. The van der Waals surface area contributed by atoms with Crippen LogP contribution in [0, 0.1) is 0 Å². The molecule has 0 bridgehead atoms. The van der Waals surface area contributed by atoms with Gasteiger partial charge in [0.1, 0.15) is 0 Å². The molecule has 56 valence electrons. The quantitative estimate of drug-likeness (QED) is 0.553. The molecule has 0 radical (unpaired) electrons. The van der Waals surface area contributed by atoms with Crippen LogP contribution < -0.4 is 0 Å². The summed E-state index contributed by atoms with van der Waals surface area (Å²) in [6.07, 6.45) is 0.742. The predicted octanol–water partition coefficient (Wildman–Crippen LogP) is 0.464. The normalized spacial score (nSPS) is 15.7. The van der Waals surface area contributed by atoms with Gasteiger partial charge in [-0.05, 0) is 6.92 Å².